The Morgan fingerprint density at radius 3 is 2.00 bits per heavy atom. The second-order valence-corrected chi connectivity index (χ2v) is 5.52. The molecule has 126 valence electrons. The molecule has 0 fully saturated rings. The van der Waals surface area contributed by atoms with Gasteiger partial charge >= 0.3 is 0 Å². The normalized spacial score (nSPS) is 10.3. The lowest BCUT2D eigenvalue weighted by Gasteiger charge is -2.12. The Morgan fingerprint density at radius 1 is 0.800 bits per heavy atom. The number of rotatable bonds is 5. The summed E-state index contributed by atoms with van der Waals surface area (Å²) >= 11 is 0. The Hall–Kier alpha value is -3.27. The van der Waals surface area contributed by atoms with Crippen molar-refractivity contribution in [3.63, 3.8) is 0 Å². The fourth-order valence-electron chi connectivity index (χ4n) is 2.63. The van der Waals surface area contributed by atoms with Gasteiger partial charge in [-0.1, -0.05) is 12.1 Å². The van der Waals surface area contributed by atoms with Gasteiger partial charge in [-0.3, -0.25) is 4.79 Å². The van der Waals surface area contributed by atoms with Crippen LogP contribution in [0.1, 0.15) is 15.9 Å². The monoisotopic (exact) mass is 334 g/mol. The number of phenols is 1. The average Bonchev–Trinajstić information content (AvgIpc) is 2.67. The quantitative estimate of drug-likeness (QED) is 0.707. The minimum atomic E-state index is -0.117. The molecular weight excluding hydrogens is 316 g/mol. The summed E-state index contributed by atoms with van der Waals surface area (Å²) in [4.78, 5) is 12.9. The first kappa shape index (κ1) is 16.6. The second kappa shape index (κ2) is 7.09. The van der Waals surface area contributed by atoms with Gasteiger partial charge in [-0.05, 0) is 65.7 Å². The van der Waals surface area contributed by atoms with E-state index >= 15 is 0 Å². The van der Waals surface area contributed by atoms with Crippen LogP contribution in [0.3, 0.4) is 0 Å². The molecule has 0 aliphatic rings. The van der Waals surface area contributed by atoms with Crippen LogP contribution in [-0.4, -0.2) is 25.1 Å². The van der Waals surface area contributed by atoms with Crippen LogP contribution in [0.5, 0.6) is 17.2 Å². The molecule has 1 N–H and O–H groups in total. The van der Waals surface area contributed by atoms with E-state index in [1.54, 1.807) is 38.5 Å². The molecule has 0 saturated heterocycles. The summed E-state index contributed by atoms with van der Waals surface area (Å²) in [6, 6.07) is 19.1. The zero-order chi connectivity index (χ0) is 17.8. The van der Waals surface area contributed by atoms with Crippen molar-refractivity contribution in [3.8, 4) is 28.4 Å². The predicted molar refractivity (Wildman–Crippen MR) is 96.5 cm³/mol. The van der Waals surface area contributed by atoms with Crippen molar-refractivity contribution < 1.29 is 19.4 Å². The largest absolute Gasteiger partial charge is 0.508 e. The minimum absolute atomic E-state index is 0.117. The predicted octanol–water partition coefficient (Wildman–Crippen LogP) is 4.31. The highest BCUT2D eigenvalue weighted by Crippen LogP contribution is 2.31. The van der Waals surface area contributed by atoms with Gasteiger partial charge in [0.25, 0.3) is 0 Å². The smallest absolute Gasteiger partial charge is 0.193 e. The van der Waals surface area contributed by atoms with Crippen LogP contribution in [-0.2, 0) is 0 Å². The highest BCUT2D eigenvalue weighted by atomic mass is 16.5. The summed E-state index contributed by atoms with van der Waals surface area (Å²) in [5, 5.41) is 9.42. The first-order valence-corrected chi connectivity index (χ1v) is 7.78. The first-order valence-electron chi connectivity index (χ1n) is 7.78. The van der Waals surface area contributed by atoms with E-state index in [-0.39, 0.29) is 11.5 Å². The second-order valence-electron chi connectivity index (χ2n) is 5.52. The van der Waals surface area contributed by atoms with Crippen molar-refractivity contribution in [1.82, 2.24) is 0 Å². The van der Waals surface area contributed by atoms with Gasteiger partial charge in [-0.15, -0.1) is 0 Å². The summed E-state index contributed by atoms with van der Waals surface area (Å²) in [7, 11) is 3.20. The van der Waals surface area contributed by atoms with E-state index in [1.807, 2.05) is 30.3 Å². The van der Waals surface area contributed by atoms with E-state index in [0.29, 0.717) is 16.9 Å². The lowest BCUT2D eigenvalue weighted by molar-refractivity contribution is 0.103. The van der Waals surface area contributed by atoms with Gasteiger partial charge in [0.1, 0.15) is 17.2 Å². The number of hydrogen-bond acceptors (Lipinski definition) is 4. The van der Waals surface area contributed by atoms with Crippen molar-refractivity contribution in [2.75, 3.05) is 14.2 Å². The van der Waals surface area contributed by atoms with Crippen LogP contribution in [0.4, 0.5) is 0 Å². The summed E-state index contributed by atoms with van der Waals surface area (Å²) in [5.41, 5.74) is 2.75. The standard InChI is InChI=1S/C21H18O4/c1-24-17-9-5-14(6-10-17)20-13-18(25-2)11-12-19(20)21(23)15-3-7-16(22)8-4-15/h3-13,22H,1-2H3. The van der Waals surface area contributed by atoms with Gasteiger partial charge in [0, 0.05) is 11.1 Å². The first-order chi connectivity index (χ1) is 12.1. The maximum Gasteiger partial charge on any atom is 0.193 e. The lowest BCUT2D eigenvalue weighted by atomic mass is 9.93. The Kier molecular flexibility index (Phi) is 4.70. The molecule has 0 atom stereocenters. The number of ether oxygens (including phenoxy) is 2. The summed E-state index contributed by atoms with van der Waals surface area (Å²) in [6.07, 6.45) is 0. The van der Waals surface area contributed by atoms with Crippen LogP contribution in [0.25, 0.3) is 11.1 Å². The van der Waals surface area contributed by atoms with Gasteiger partial charge in [0.15, 0.2) is 5.78 Å². The Labute approximate surface area is 146 Å². The summed E-state index contributed by atoms with van der Waals surface area (Å²) in [5.74, 6) is 1.43. The lowest BCUT2D eigenvalue weighted by Crippen LogP contribution is -2.04. The van der Waals surface area contributed by atoms with Crippen molar-refractivity contribution in [3.05, 3.63) is 77.9 Å². The van der Waals surface area contributed by atoms with Crippen molar-refractivity contribution in [2.24, 2.45) is 0 Å². The maximum atomic E-state index is 12.9. The fraction of sp³-hybridized carbons (Fsp3) is 0.0952. The highest BCUT2D eigenvalue weighted by molar-refractivity contribution is 6.13. The van der Waals surface area contributed by atoms with Crippen LogP contribution < -0.4 is 9.47 Å². The number of methoxy groups -OCH3 is 2. The molecule has 0 heterocycles. The van der Waals surface area contributed by atoms with E-state index < -0.39 is 0 Å². The van der Waals surface area contributed by atoms with Gasteiger partial charge in [0.05, 0.1) is 14.2 Å². The Balaban J connectivity index is 2.09. The molecule has 0 radical (unpaired) electrons. The molecule has 4 heteroatoms. The number of carbonyl (C=O) groups is 1. The van der Waals surface area contributed by atoms with Crippen LogP contribution in [0, 0.1) is 0 Å². The Bertz CT molecular complexity index is 881. The molecule has 0 aliphatic heterocycles. The zero-order valence-corrected chi connectivity index (χ0v) is 14.0. The minimum Gasteiger partial charge on any atom is -0.508 e. The molecular formula is C21H18O4. The zero-order valence-electron chi connectivity index (χ0n) is 14.0. The van der Waals surface area contributed by atoms with E-state index in [2.05, 4.69) is 0 Å². The van der Waals surface area contributed by atoms with E-state index in [1.165, 1.54) is 12.1 Å². The average molecular weight is 334 g/mol. The van der Waals surface area contributed by atoms with E-state index in [0.717, 1.165) is 16.9 Å². The molecule has 0 unspecified atom stereocenters. The third kappa shape index (κ3) is 3.48. The van der Waals surface area contributed by atoms with Crippen molar-refractivity contribution in [1.29, 1.82) is 0 Å². The van der Waals surface area contributed by atoms with Crippen LogP contribution >= 0.6 is 0 Å². The molecule has 0 amide bonds. The maximum absolute atomic E-state index is 12.9. The van der Waals surface area contributed by atoms with E-state index in [9.17, 15) is 9.90 Å². The summed E-state index contributed by atoms with van der Waals surface area (Å²) < 4.78 is 10.5. The number of hydrogen-bond donors (Lipinski definition) is 1. The molecule has 3 aromatic rings. The molecule has 25 heavy (non-hydrogen) atoms. The highest BCUT2D eigenvalue weighted by Gasteiger charge is 2.16. The third-order valence-corrected chi connectivity index (χ3v) is 4.00. The number of ketones is 1. The molecule has 3 aromatic carbocycles. The topological polar surface area (TPSA) is 55.8 Å². The van der Waals surface area contributed by atoms with Gasteiger partial charge < -0.3 is 14.6 Å². The van der Waals surface area contributed by atoms with Gasteiger partial charge in [0.2, 0.25) is 0 Å². The van der Waals surface area contributed by atoms with Gasteiger partial charge in [-0.2, -0.15) is 0 Å². The Morgan fingerprint density at radius 2 is 1.40 bits per heavy atom. The summed E-state index contributed by atoms with van der Waals surface area (Å²) in [6.45, 7) is 0. The SMILES string of the molecule is COc1ccc(-c2cc(OC)ccc2C(=O)c2ccc(O)cc2)cc1. The molecule has 0 aliphatic carbocycles. The number of benzene rings is 3. The van der Waals surface area contributed by atoms with Crippen LogP contribution in [0.2, 0.25) is 0 Å². The molecule has 4 nitrogen and oxygen atoms in total. The number of aromatic hydroxyl groups is 1. The van der Waals surface area contributed by atoms with Crippen molar-refractivity contribution >= 4 is 5.78 Å². The molecule has 3 rings (SSSR count). The molecule has 0 aromatic heterocycles. The fourth-order valence-corrected chi connectivity index (χ4v) is 2.63. The van der Waals surface area contributed by atoms with Gasteiger partial charge in [-0.25, -0.2) is 0 Å². The van der Waals surface area contributed by atoms with Crippen molar-refractivity contribution in [2.45, 2.75) is 0 Å². The molecule has 0 spiro atoms. The third-order valence-electron chi connectivity index (χ3n) is 4.00. The van der Waals surface area contributed by atoms with E-state index in [4.69, 9.17) is 9.47 Å². The number of phenolic OH excluding ortho intramolecular Hbond substituents is 1. The molecule has 0 bridgehead atoms. The van der Waals surface area contributed by atoms with Crippen LogP contribution in [0.15, 0.2) is 66.7 Å². The number of carbonyl (C=O) groups excluding carboxylic acids is 1. The molecule has 0 saturated carbocycles.